The van der Waals surface area contributed by atoms with Crippen LogP contribution in [0.25, 0.3) is 0 Å². The molecule has 0 bridgehead atoms. The van der Waals surface area contributed by atoms with Crippen LogP contribution in [0.4, 0.5) is 11.6 Å². The molecule has 1 saturated heterocycles. The summed E-state index contributed by atoms with van der Waals surface area (Å²) in [6.45, 7) is 5.40. The number of rotatable bonds is 6. The van der Waals surface area contributed by atoms with Crippen molar-refractivity contribution >= 4 is 11.6 Å². The topological polar surface area (TPSA) is 44.3 Å². The molecule has 1 unspecified atom stereocenters. The highest BCUT2D eigenvalue weighted by molar-refractivity contribution is 5.50. The van der Waals surface area contributed by atoms with Crippen molar-refractivity contribution in [3.05, 3.63) is 12.4 Å². The van der Waals surface area contributed by atoms with Gasteiger partial charge in [-0.2, -0.15) is 0 Å². The fourth-order valence-corrected chi connectivity index (χ4v) is 2.41. The normalized spacial score (nSPS) is 18.6. The number of nitrogens with one attached hydrogen (secondary N) is 1. The minimum atomic E-state index is 0.545. The highest BCUT2D eigenvalue weighted by Crippen LogP contribution is 2.19. The Morgan fingerprint density at radius 1 is 1.32 bits per heavy atom. The minimum Gasteiger partial charge on any atom is -0.360 e. The maximum absolute atomic E-state index is 4.41. The first-order valence-electron chi connectivity index (χ1n) is 7.19. The van der Waals surface area contributed by atoms with Crippen molar-refractivity contribution in [2.24, 2.45) is 0 Å². The Hall–Kier alpha value is -1.36. The number of anilines is 2. The summed E-state index contributed by atoms with van der Waals surface area (Å²) in [5, 5.41) is 3.39. The molecule has 1 aromatic heterocycles. The highest BCUT2D eigenvalue weighted by Gasteiger charge is 2.20. The van der Waals surface area contributed by atoms with Crippen molar-refractivity contribution in [2.45, 2.75) is 32.2 Å². The second-order valence-electron chi connectivity index (χ2n) is 5.27. The molecular weight excluding hydrogens is 238 g/mol. The summed E-state index contributed by atoms with van der Waals surface area (Å²) in [6.07, 6.45) is 5.25. The van der Waals surface area contributed by atoms with E-state index >= 15 is 0 Å². The molecule has 2 rings (SSSR count). The Bertz CT molecular complexity index is 389. The fraction of sp³-hybridized carbons (Fsp3) is 0.714. The van der Waals surface area contributed by atoms with E-state index in [2.05, 4.69) is 52.2 Å². The molecule has 1 N–H and O–H groups in total. The molecule has 2 heterocycles. The summed E-state index contributed by atoms with van der Waals surface area (Å²) < 4.78 is 0. The summed E-state index contributed by atoms with van der Waals surface area (Å²) in [7, 11) is 4.22. The van der Waals surface area contributed by atoms with E-state index in [1.54, 1.807) is 6.33 Å². The lowest BCUT2D eigenvalue weighted by atomic mass is 10.2. The number of hydrogen-bond donors (Lipinski definition) is 1. The maximum atomic E-state index is 4.41. The molecule has 0 aromatic carbocycles. The molecule has 0 radical (unpaired) electrons. The lowest BCUT2D eigenvalue weighted by molar-refractivity contribution is 0.676. The van der Waals surface area contributed by atoms with E-state index < -0.39 is 0 Å². The van der Waals surface area contributed by atoms with Crippen molar-refractivity contribution in [1.29, 1.82) is 0 Å². The lowest BCUT2D eigenvalue weighted by Gasteiger charge is -2.26. The van der Waals surface area contributed by atoms with Gasteiger partial charge in [0.15, 0.2) is 0 Å². The van der Waals surface area contributed by atoms with Gasteiger partial charge < -0.3 is 15.1 Å². The molecule has 106 valence electrons. The van der Waals surface area contributed by atoms with E-state index in [1.807, 2.05) is 0 Å². The van der Waals surface area contributed by atoms with Crippen LogP contribution in [0.1, 0.15) is 26.2 Å². The zero-order valence-corrected chi connectivity index (χ0v) is 12.3. The molecule has 1 aliphatic rings. The fourth-order valence-electron chi connectivity index (χ4n) is 2.41. The van der Waals surface area contributed by atoms with Crippen molar-refractivity contribution in [2.75, 3.05) is 43.5 Å². The summed E-state index contributed by atoms with van der Waals surface area (Å²) >= 11 is 0. The SMILES string of the molecule is CCCCN(C)c1cc(N(C)C2CCNC2)ncn1. The molecule has 0 saturated carbocycles. The summed E-state index contributed by atoms with van der Waals surface area (Å²) in [5.41, 5.74) is 0. The van der Waals surface area contributed by atoms with Gasteiger partial charge in [-0.25, -0.2) is 9.97 Å². The molecule has 0 aliphatic carbocycles. The Morgan fingerprint density at radius 2 is 2.11 bits per heavy atom. The molecule has 5 nitrogen and oxygen atoms in total. The first-order valence-corrected chi connectivity index (χ1v) is 7.19. The zero-order valence-electron chi connectivity index (χ0n) is 12.3. The zero-order chi connectivity index (χ0) is 13.7. The predicted octanol–water partition coefficient (Wildman–Crippen LogP) is 1.51. The van der Waals surface area contributed by atoms with Gasteiger partial charge in [-0.1, -0.05) is 13.3 Å². The Labute approximate surface area is 116 Å². The molecule has 1 aromatic rings. The van der Waals surface area contributed by atoms with E-state index in [9.17, 15) is 0 Å². The third-order valence-electron chi connectivity index (χ3n) is 3.82. The summed E-state index contributed by atoms with van der Waals surface area (Å²) in [4.78, 5) is 13.2. The molecule has 1 aliphatic heterocycles. The van der Waals surface area contributed by atoms with Crippen LogP contribution in [-0.2, 0) is 0 Å². The van der Waals surface area contributed by atoms with E-state index in [0.717, 1.165) is 31.3 Å². The Kier molecular flexibility index (Phi) is 4.96. The molecule has 0 spiro atoms. The lowest BCUT2D eigenvalue weighted by Crippen LogP contribution is -2.34. The van der Waals surface area contributed by atoms with Crippen LogP contribution in [0, 0.1) is 0 Å². The van der Waals surface area contributed by atoms with Crippen molar-refractivity contribution < 1.29 is 0 Å². The third kappa shape index (κ3) is 3.56. The highest BCUT2D eigenvalue weighted by atomic mass is 15.2. The van der Waals surface area contributed by atoms with Crippen molar-refractivity contribution in [3.8, 4) is 0 Å². The minimum absolute atomic E-state index is 0.545. The Balaban J connectivity index is 2.05. The van der Waals surface area contributed by atoms with E-state index in [-0.39, 0.29) is 0 Å². The number of aromatic nitrogens is 2. The number of nitrogens with zero attached hydrogens (tertiary/aromatic N) is 4. The van der Waals surface area contributed by atoms with Gasteiger partial charge >= 0.3 is 0 Å². The maximum Gasteiger partial charge on any atom is 0.134 e. The van der Waals surface area contributed by atoms with Gasteiger partial charge in [0.05, 0.1) is 0 Å². The average Bonchev–Trinajstić information content (AvgIpc) is 2.98. The van der Waals surface area contributed by atoms with Gasteiger partial charge in [-0.05, 0) is 19.4 Å². The number of likely N-dealkylation sites (N-methyl/N-ethyl adjacent to an activating group) is 1. The van der Waals surface area contributed by atoms with Crippen LogP contribution in [0.2, 0.25) is 0 Å². The monoisotopic (exact) mass is 263 g/mol. The van der Waals surface area contributed by atoms with Crippen LogP contribution >= 0.6 is 0 Å². The van der Waals surface area contributed by atoms with Crippen LogP contribution in [0.3, 0.4) is 0 Å². The standard InChI is InChI=1S/C14H25N5/c1-4-5-8-18(2)13-9-14(17-11-16-13)19(3)12-6-7-15-10-12/h9,11-12,15H,4-8,10H2,1-3H3. The molecule has 1 fully saturated rings. The molecule has 5 heteroatoms. The van der Waals surface area contributed by atoms with Gasteiger partial charge in [-0.15, -0.1) is 0 Å². The van der Waals surface area contributed by atoms with Crippen LogP contribution < -0.4 is 15.1 Å². The van der Waals surface area contributed by atoms with Crippen molar-refractivity contribution in [1.82, 2.24) is 15.3 Å². The van der Waals surface area contributed by atoms with Crippen LogP contribution in [0.5, 0.6) is 0 Å². The van der Waals surface area contributed by atoms with Gasteiger partial charge in [0, 0.05) is 39.3 Å². The Morgan fingerprint density at radius 3 is 2.79 bits per heavy atom. The first-order chi connectivity index (χ1) is 9.22. The van der Waals surface area contributed by atoms with Crippen LogP contribution in [0.15, 0.2) is 12.4 Å². The summed E-state index contributed by atoms with van der Waals surface area (Å²) in [6, 6.07) is 2.64. The number of hydrogen-bond acceptors (Lipinski definition) is 5. The van der Waals surface area contributed by atoms with Gasteiger partial charge in [0.1, 0.15) is 18.0 Å². The average molecular weight is 263 g/mol. The number of unbranched alkanes of at least 4 members (excludes halogenated alkanes) is 1. The smallest absolute Gasteiger partial charge is 0.134 e. The third-order valence-corrected chi connectivity index (χ3v) is 3.82. The molecule has 0 amide bonds. The second kappa shape index (κ2) is 6.70. The van der Waals surface area contributed by atoms with Crippen molar-refractivity contribution in [3.63, 3.8) is 0 Å². The quantitative estimate of drug-likeness (QED) is 0.843. The van der Waals surface area contributed by atoms with Crippen LogP contribution in [-0.4, -0.2) is 49.7 Å². The van der Waals surface area contributed by atoms with Gasteiger partial charge in [0.25, 0.3) is 0 Å². The molecule has 1 atom stereocenters. The largest absolute Gasteiger partial charge is 0.360 e. The summed E-state index contributed by atoms with van der Waals surface area (Å²) in [5.74, 6) is 2.03. The molecule has 19 heavy (non-hydrogen) atoms. The van der Waals surface area contributed by atoms with E-state index in [1.165, 1.54) is 19.3 Å². The molecular formula is C14H25N5. The van der Waals surface area contributed by atoms with Gasteiger partial charge in [-0.3, -0.25) is 0 Å². The van der Waals surface area contributed by atoms with E-state index in [0.29, 0.717) is 6.04 Å². The van der Waals surface area contributed by atoms with Gasteiger partial charge in [0.2, 0.25) is 0 Å². The first kappa shape index (κ1) is 14.1. The second-order valence-corrected chi connectivity index (χ2v) is 5.27. The predicted molar refractivity (Wildman–Crippen MR) is 79.9 cm³/mol. The van der Waals surface area contributed by atoms with E-state index in [4.69, 9.17) is 0 Å².